The van der Waals surface area contributed by atoms with E-state index >= 15 is 0 Å². The maximum absolute atomic E-state index is 12.4. The predicted octanol–water partition coefficient (Wildman–Crippen LogP) is 3.99. The van der Waals surface area contributed by atoms with Gasteiger partial charge in [-0.3, -0.25) is 9.35 Å². The summed E-state index contributed by atoms with van der Waals surface area (Å²) >= 11 is 5.97. The first kappa shape index (κ1) is 16.4. The topological polar surface area (TPSA) is 83.5 Å². The zero-order valence-corrected chi connectivity index (χ0v) is 13.8. The standard InChI is InChI=1S/C17H12ClNO4S/c18-15-10-14(24(21,22)23)7-8-16(15)19-17(20)13-6-5-11-3-1-2-4-12(11)9-13/h1-10H,(H,19,20)(H,21,22,23). The number of fused-ring (bicyclic) bond motifs is 1. The molecule has 0 fully saturated rings. The number of benzene rings is 3. The third-order valence-corrected chi connectivity index (χ3v) is 4.66. The Morgan fingerprint density at radius 3 is 2.33 bits per heavy atom. The molecule has 0 heterocycles. The van der Waals surface area contributed by atoms with Gasteiger partial charge < -0.3 is 5.32 Å². The number of carbonyl (C=O) groups is 1. The van der Waals surface area contributed by atoms with Gasteiger partial charge in [0, 0.05) is 5.56 Å². The Bertz CT molecular complexity index is 1050. The summed E-state index contributed by atoms with van der Waals surface area (Å²) < 4.78 is 31.1. The summed E-state index contributed by atoms with van der Waals surface area (Å²) in [5, 5.41) is 4.58. The molecule has 2 N–H and O–H groups in total. The average molecular weight is 362 g/mol. The Balaban J connectivity index is 1.88. The Morgan fingerprint density at radius 1 is 0.958 bits per heavy atom. The molecule has 0 spiro atoms. The van der Waals surface area contributed by atoms with Crippen LogP contribution in [-0.4, -0.2) is 18.9 Å². The van der Waals surface area contributed by atoms with Gasteiger partial charge in [-0.1, -0.05) is 41.9 Å². The monoisotopic (exact) mass is 361 g/mol. The Kier molecular flexibility index (Phi) is 4.28. The van der Waals surface area contributed by atoms with Crippen LogP contribution in [0.2, 0.25) is 5.02 Å². The van der Waals surface area contributed by atoms with Gasteiger partial charge in [0.05, 0.1) is 15.6 Å². The summed E-state index contributed by atoms with van der Waals surface area (Å²) in [5.41, 5.74) is 0.700. The van der Waals surface area contributed by atoms with Crippen molar-refractivity contribution >= 4 is 44.1 Å². The van der Waals surface area contributed by atoms with Crippen molar-refractivity contribution in [3.05, 3.63) is 71.2 Å². The highest BCUT2D eigenvalue weighted by Crippen LogP contribution is 2.26. The van der Waals surface area contributed by atoms with Crippen molar-refractivity contribution in [2.75, 3.05) is 5.32 Å². The van der Waals surface area contributed by atoms with Gasteiger partial charge in [0.1, 0.15) is 0 Å². The summed E-state index contributed by atoms with van der Waals surface area (Å²) in [4.78, 5) is 12.0. The largest absolute Gasteiger partial charge is 0.321 e. The number of nitrogens with one attached hydrogen (secondary N) is 1. The number of amides is 1. The second-order valence-electron chi connectivity index (χ2n) is 5.13. The van der Waals surface area contributed by atoms with Crippen molar-refractivity contribution in [3.8, 4) is 0 Å². The molecule has 122 valence electrons. The molecule has 0 saturated carbocycles. The molecule has 0 saturated heterocycles. The average Bonchev–Trinajstić information content (AvgIpc) is 2.55. The zero-order chi connectivity index (χ0) is 17.3. The van der Waals surface area contributed by atoms with Crippen molar-refractivity contribution < 1.29 is 17.8 Å². The highest BCUT2D eigenvalue weighted by molar-refractivity contribution is 7.85. The molecule has 1 amide bonds. The van der Waals surface area contributed by atoms with Crippen LogP contribution in [0.3, 0.4) is 0 Å². The number of anilines is 1. The van der Waals surface area contributed by atoms with E-state index in [0.29, 0.717) is 5.56 Å². The fourth-order valence-corrected chi connectivity index (χ4v) is 3.08. The summed E-state index contributed by atoms with van der Waals surface area (Å²) in [6.45, 7) is 0. The molecule has 0 bridgehead atoms. The minimum absolute atomic E-state index is 0.0132. The van der Waals surface area contributed by atoms with E-state index in [1.165, 1.54) is 6.07 Å². The number of hydrogen-bond acceptors (Lipinski definition) is 3. The van der Waals surface area contributed by atoms with Gasteiger partial charge in [-0.25, -0.2) is 0 Å². The van der Waals surface area contributed by atoms with Gasteiger partial charge in [0.25, 0.3) is 16.0 Å². The maximum Gasteiger partial charge on any atom is 0.294 e. The SMILES string of the molecule is O=C(Nc1ccc(S(=O)(=O)O)cc1Cl)c1ccc2ccccc2c1. The molecular weight excluding hydrogens is 350 g/mol. The van der Waals surface area contributed by atoms with Gasteiger partial charge in [0.15, 0.2) is 0 Å². The molecule has 0 aliphatic rings. The number of carbonyl (C=O) groups excluding carboxylic acids is 1. The molecule has 0 radical (unpaired) electrons. The van der Waals surface area contributed by atoms with Crippen molar-refractivity contribution in [3.63, 3.8) is 0 Å². The van der Waals surface area contributed by atoms with E-state index in [2.05, 4.69) is 5.32 Å². The lowest BCUT2D eigenvalue weighted by molar-refractivity contribution is 0.102. The lowest BCUT2D eigenvalue weighted by atomic mass is 10.1. The maximum atomic E-state index is 12.4. The molecule has 0 atom stereocenters. The second kappa shape index (κ2) is 6.24. The van der Waals surface area contributed by atoms with Gasteiger partial charge in [-0.05, 0) is 41.1 Å². The van der Waals surface area contributed by atoms with E-state index in [-0.39, 0.29) is 21.5 Å². The number of rotatable bonds is 3. The van der Waals surface area contributed by atoms with Gasteiger partial charge in [-0.15, -0.1) is 0 Å². The Labute approximate surface area is 143 Å². The lowest BCUT2D eigenvalue weighted by Gasteiger charge is -2.09. The first-order valence-electron chi connectivity index (χ1n) is 6.92. The van der Waals surface area contributed by atoms with Crippen LogP contribution in [0.25, 0.3) is 10.8 Å². The molecule has 3 rings (SSSR count). The van der Waals surface area contributed by atoms with Crippen LogP contribution in [-0.2, 0) is 10.1 Å². The van der Waals surface area contributed by atoms with E-state index in [0.717, 1.165) is 22.9 Å². The van der Waals surface area contributed by atoms with Crippen LogP contribution in [0.15, 0.2) is 65.6 Å². The fourth-order valence-electron chi connectivity index (χ4n) is 2.28. The van der Waals surface area contributed by atoms with E-state index in [9.17, 15) is 13.2 Å². The van der Waals surface area contributed by atoms with Crippen molar-refractivity contribution in [2.45, 2.75) is 4.90 Å². The van der Waals surface area contributed by atoms with E-state index in [1.807, 2.05) is 30.3 Å². The molecule has 0 aliphatic carbocycles. The smallest absolute Gasteiger partial charge is 0.294 e. The summed E-state index contributed by atoms with van der Waals surface area (Å²) in [7, 11) is -4.34. The molecule has 0 aliphatic heterocycles. The summed E-state index contributed by atoms with van der Waals surface area (Å²) in [5.74, 6) is -0.373. The third-order valence-electron chi connectivity index (χ3n) is 3.50. The van der Waals surface area contributed by atoms with Crippen LogP contribution in [0, 0.1) is 0 Å². The quantitative estimate of drug-likeness (QED) is 0.691. The molecule has 0 aromatic heterocycles. The molecule has 3 aromatic carbocycles. The van der Waals surface area contributed by atoms with Crippen LogP contribution >= 0.6 is 11.6 Å². The Hall–Kier alpha value is -2.41. The highest BCUT2D eigenvalue weighted by atomic mass is 35.5. The van der Waals surface area contributed by atoms with Crippen molar-refractivity contribution in [1.29, 1.82) is 0 Å². The predicted molar refractivity (Wildman–Crippen MR) is 93.2 cm³/mol. The summed E-state index contributed by atoms with van der Waals surface area (Å²) in [6.07, 6.45) is 0. The molecule has 3 aromatic rings. The number of hydrogen-bond donors (Lipinski definition) is 2. The molecular formula is C17H12ClNO4S. The Morgan fingerprint density at radius 2 is 1.67 bits per heavy atom. The van der Waals surface area contributed by atoms with Gasteiger partial charge in [-0.2, -0.15) is 8.42 Å². The van der Waals surface area contributed by atoms with Gasteiger partial charge in [0.2, 0.25) is 0 Å². The fraction of sp³-hybridized carbons (Fsp3) is 0. The normalized spacial score (nSPS) is 11.4. The first-order chi connectivity index (χ1) is 11.3. The van der Waals surface area contributed by atoms with Crippen molar-refractivity contribution in [2.24, 2.45) is 0 Å². The lowest BCUT2D eigenvalue weighted by Crippen LogP contribution is -2.12. The summed E-state index contributed by atoms with van der Waals surface area (Å²) in [6, 6.07) is 16.5. The van der Waals surface area contributed by atoms with E-state index < -0.39 is 10.1 Å². The molecule has 24 heavy (non-hydrogen) atoms. The van der Waals surface area contributed by atoms with Crippen LogP contribution < -0.4 is 5.32 Å². The minimum Gasteiger partial charge on any atom is -0.321 e. The number of halogens is 1. The molecule has 0 unspecified atom stereocenters. The third kappa shape index (κ3) is 3.41. The van der Waals surface area contributed by atoms with Crippen LogP contribution in [0.5, 0.6) is 0 Å². The second-order valence-corrected chi connectivity index (χ2v) is 6.96. The minimum atomic E-state index is -4.34. The molecule has 7 heteroatoms. The van der Waals surface area contributed by atoms with E-state index in [1.54, 1.807) is 12.1 Å². The first-order valence-corrected chi connectivity index (χ1v) is 8.73. The van der Waals surface area contributed by atoms with Gasteiger partial charge >= 0.3 is 0 Å². The van der Waals surface area contributed by atoms with E-state index in [4.69, 9.17) is 16.2 Å². The molecule has 5 nitrogen and oxygen atoms in total. The van der Waals surface area contributed by atoms with Crippen LogP contribution in [0.1, 0.15) is 10.4 Å². The van der Waals surface area contributed by atoms with Crippen LogP contribution in [0.4, 0.5) is 5.69 Å². The zero-order valence-electron chi connectivity index (χ0n) is 12.2. The van der Waals surface area contributed by atoms with Crippen molar-refractivity contribution in [1.82, 2.24) is 0 Å². The highest BCUT2D eigenvalue weighted by Gasteiger charge is 2.14.